The number of carbonyl (C=O) groups excluding carboxylic acids is 1. The second-order valence-electron chi connectivity index (χ2n) is 5.09. The SMILES string of the molecule is CCn1nc(NS(=O)(=O)c2ccc3c(c2)NC(=O)CO3)cc1C. The fourth-order valence-electron chi connectivity index (χ4n) is 2.31. The zero-order chi connectivity index (χ0) is 16.6. The third-order valence-electron chi connectivity index (χ3n) is 3.41. The van der Waals surface area contributed by atoms with Gasteiger partial charge in [0.15, 0.2) is 12.4 Å². The van der Waals surface area contributed by atoms with Crippen LogP contribution in [-0.4, -0.2) is 30.7 Å². The van der Waals surface area contributed by atoms with Gasteiger partial charge in [0.2, 0.25) is 0 Å². The summed E-state index contributed by atoms with van der Waals surface area (Å²) in [5.74, 6) is 0.370. The molecule has 122 valence electrons. The largest absolute Gasteiger partial charge is 0.482 e. The van der Waals surface area contributed by atoms with Crippen molar-refractivity contribution in [1.29, 1.82) is 0 Å². The van der Waals surface area contributed by atoms with Crippen LogP contribution in [0.2, 0.25) is 0 Å². The zero-order valence-corrected chi connectivity index (χ0v) is 13.5. The molecule has 0 atom stereocenters. The summed E-state index contributed by atoms with van der Waals surface area (Å²) in [6, 6.07) is 5.95. The molecule has 1 aromatic heterocycles. The summed E-state index contributed by atoms with van der Waals surface area (Å²) in [5.41, 5.74) is 1.19. The van der Waals surface area contributed by atoms with Gasteiger partial charge in [-0.3, -0.25) is 14.2 Å². The van der Waals surface area contributed by atoms with Gasteiger partial charge in [-0.25, -0.2) is 8.42 Å². The van der Waals surface area contributed by atoms with Crippen molar-refractivity contribution >= 4 is 27.4 Å². The molecule has 0 fully saturated rings. The number of aryl methyl sites for hydroxylation is 2. The Morgan fingerprint density at radius 1 is 1.39 bits per heavy atom. The molecule has 0 unspecified atom stereocenters. The van der Waals surface area contributed by atoms with E-state index in [1.807, 2.05) is 13.8 Å². The molecule has 0 saturated heterocycles. The maximum absolute atomic E-state index is 12.5. The lowest BCUT2D eigenvalue weighted by atomic mass is 10.2. The number of fused-ring (bicyclic) bond motifs is 1. The van der Waals surface area contributed by atoms with Crippen LogP contribution in [0, 0.1) is 6.92 Å². The lowest BCUT2D eigenvalue weighted by Gasteiger charge is -2.18. The fourth-order valence-corrected chi connectivity index (χ4v) is 3.32. The highest BCUT2D eigenvalue weighted by Crippen LogP contribution is 2.30. The Balaban J connectivity index is 1.90. The predicted octanol–water partition coefficient (Wildman–Crippen LogP) is 1.34. The first kappa shape index (κ1) is 15.3. The number of aromatic nitrogens is 2. The average molecular weight is 336 g/mol. The highest BCUT2D eigenvalue weighted by molar-refractivity contribution is 7.92. The van der Waals surface area contributed by atoms with Gasteiger partial charge >= 0.3 is 0 Å². The molecule has 1 aliphatic rings. The number of rotatable bonds is 4. The van der Waals surface area contributed by atoms with Gasteiger partial charge in [0.25, 0.3) is 15.9 Å². The topological polar surface area (TPSA) is 102 Å². The molecule has 23 heavy (non-hydrogen) atoms. The molecule has 0 saturated carbocycles. The van der Waals surface area contributed by atoms with E-state index in [2.05, 4.69) is 15.1 Å². The first-order valence-corrected chi connectivity index (χ1v) is 8.51. The molecule has 8 nitrogen and oxygen atoms in total. The maximum Gasteiger partial charge on any atom is 0.263 e. The summed E-state index contributed by atoms with van der Waals surface area (Å²) in [6.07, 6.45) is 0. The summed E-state index contributed by atoms with van der Waals surface area (Å²) >= 11 is 0. The Morgan fingerprint density at radius 3 is 2.87 bits per heavy atom. The maximum atomic E-state index is 12.5. The average Bonchev–Trinajstić information content (AvgIpc) is 2.85. The Hall–Kier alpha value is -2.55. The van der Waals surface area contributed by atoms with Gasteiger partial charge in [-0.05, 0) is 32.0 Å². The highest BCUT2D eigenvalue weighted by Gasteiger charge is 2.21. The number of nitrogens with zero attached hydrogens (tertiary/aromatic N) is 2. The third kappa shape index (κ3) is 3.00. The minimum atomic E-state index is -3.81. The molecule has 0 radical (unpaired) electrons. The van der Waals surface area contributed by atoms with Crippen LogP contribution in [0.3, 0.4) is 0 Å². The molecule has 0 aliphatic carbocycles. The number of benzene rings is 1. The smallest absolute Gasteiger partial charge is 0.263 e. The number of ether oxygens (including phenoxy) is 1. The predicted molar refractivity (Wildman–Crippen MR) is 84.0 cm³/mol. The van der Waals surface area contributed by atoms with Crippen molar-refractivity contribution in [3.8, 4) is 5.75 Å². The van der Waals surface area contributed by atoms with Crippen LogP contribution in [0.25, 0.3) is 0 Å². The molecular formula is C14H16N4O4S. The van der Waals surface area contributed by atoms with Gasteiger partial charge in [0.05, 0.1) is 10.6 Å². The highest BCUT2D eigenvalue weighted by atomic mass is 32.2. The number of nitrogens with one attached hydrogen (secondary N) is 2. The molecule has 0 spiro atoms. The number of anilines is 2. The molecular weight excluding hydrogens is 320 g/mol. The third-order valence-corrected chi connectivity index (χ3v) is 4.77. The Bertz CT molecular complexity index is 873. The van der Waals surface area contributed by atoms with E-state index in [1.165, 1.54) is 18.2 Å². The summed E-state index contributed by atoms with van der Waals surface area (Å²) in [5, 5.41) is 6.75. The number of sulfonamides is 1. The van der Waals surface area contributed by atoms with Crippen molar-refractivity contribution in [3.05, 3.63) is 30.0 Å². The van der Waals surface area contributed by atoms with E-state index in [4.69, 9.17) is 4.74 Å². The first-order valence-electron chi connectivity index (χ1n) is 7.03. The van der Waals surface area contributed by atoms with Gasteiger partial charge < -0.3 is 10.1 Å². The second-order valence-corrected chi connectivity index (χ2v) is 6.77. The zero-order valence-electron chi connectivity index (χ0n) is 12.7. The van der Waals surface area contributed by atoms with Crippen molar-refractivity contribution in [3.63, 3.8) is 0 Å². The number of hydrogen-bond acceptors (Lipinski definition) is 5. The van der Waals surface area contributed by atoms with Gasteiger partial charge in [-0.2, -0.15) is 5.10 Å². The van der Waals surface area contributed by atoms with Crippen molar-refractivity contribution < 1.29 is 17.9 Å². The monoisotopic (exact) mass is 336 g/mol. The summed E-state index contributed by atoms with van der Waals surface area (Å²) in [7, 11) is -3.81. The van der Waals surface area contributed by atoms with Crippen molar-refractivity contribution in [2.24, 2.45) is 0 Å². The van der Waals surface area contributed by atoms with Gasteiger partial charge in [-0.1, -0.05) is 0 Å². The van der Waals surface area contributed by atoms with Crippen molar-refractivity contribution in [1.82, 2.24) is 9.78 Å². The van der Waals surface area contributed by atoms with Gasteiger partial charge in [0.1, 0.15) is 5.75 Å². The number of hydrogen-bond donors (Lipinski definition) is 2. The van der Waals surface area contributed by atoms with Crippen molar-refractivity contribution in [2.45, 2.75) is 25.3 Å². The Kier molecular flexibility index (Phi) is 3.72. The van der Waals surface area contributed by atoms with Crippen LogP contribution in [0.5, 0.6) is 5.75 Å². The van der Waals surface area contributed by atoms with E-state index in [0.717, 1.165) is 5.69 Å². The van der Waals surface area contributed by atoms with E-state index < -0.39 is 10.0 Å². The fraction of sp³-hybridized carbons (Fsp3) is 0.286. The Morgan fingerprint density at radius 2 is 2.17 bits per heavy atom. The van der Waals surface area contributed by atoms with Gasteiger partial charge in [-0.15, -0.1) is 0 Å². The van der Waals surface area contributed by atoms with Crippen LogP contribution in [0.4, 0.5) is 11.5 Å². The normalized spacial score (nSPS) is 13.9. The van der Waals surface area contributed by atoms with E-state index in [0.29, 0.717) is 18.0 Å². The van der Waals surface area contributed by atoms with E-state index in [1.54, 1.807) is 10.7 Å². The number of amides is 1. The lowest BCUT2D eigenvalue weighted by Crippen LogP contribution is -2.25. The molecule has 2 aromatic rings. The minimum absolute atomic E-state index is 0.0192. The summed E-state index contributed by atoms with van der Waals surface area (Å²) < 4.78 is 34.3. The standard InChI is InChI=1S/C14H16N4O4S/c1-3-18-9(2)6-13(16-18)17-23(20,21)10-4-5-12-11(7-10)15-14(19)8-22-12/h4-7H,3,8H2,1-2H3,(H,15,19)(H,16,17). The summed E-state index contributed by atoms with van der Waals surface area (Å²) in [6.45, 7) is 4.34. The van der Waals surface area contributed by atoms with E-state index in [-0.39, 0.29) is 23.2 Å². The van der Waals surface area contributed by atoms with Crippen LogP contribution < -0.4 is 14.8 Å². The quantitative estimate of drug-likeness (QED) is 0.877. The van der Waals surface area contributed by atoms with E-state index >= 15 is 0 Å². The van der Waals surface area contributed by atoms with Crippen LogP contribution in [-0.2, 0) is 21.4 Å². The Labute approximate surface area is 133 Å². The molecule has 1 aliphatic heterocycles. The first-order chi connectivity index (χ1) is 10.9. The van der Waals surface area contributed by atoms with Gasteiger partial charge in [0, 0.05) is 18.3 Å². The molecule has 2 heterocycles. The van der Waals surface area contributed by atoms with Crippen LogP contribution in [0.15, 0.2) is 29.2 Å². The number of carbonyl (C=O) groups is 1. The lowest BCUT2D eigenvalue weighted by molar-refractivity contribution is -0.118. The van der Waals surface area contributed by atoms with Crippen LogP contribution in [0.1, 0.15) is 12.6 Å². The molecule has 2 N–H and O–H groups in total. The molecule has 3 rings (SSSR count). The molecule has 1 aromatic carbocycles. The molecule has 9 heteroatoms. The minimum Gasteiger partial charge on any atom is -0.482 e. The van der Waals surface area contributed by atoms with E-state index in [9.17, 15) is 13.2 Å². The second kappa shape index (κ2) is 5.58. The van der Waals surface area contributed by atoms with Crippen molar-refractivity contribution in [2.75, 3.05) is 16.6 Å². The molecule has 1 amide bonds. The van der Waals surface area contributed by atoms with Crippen LogP contribution >= 0.6 is 0 Å². The molecule has 0 bridgehead atoms. The summed E-state index contributed by atoms with van der Waals surface area (Å²) in [4.78, 5) is 11.4.